The number of rotatable bonds is 2. The number of aryl methyl sites for hydroxylation is 1. The summed E-state index contributed by atoms with van der Waals surface area (Å²) in [4.78, 5) is 153. The van der Waals surface area contributed by atoms with E-state index in [0.717, 1.165) is 54.6 Å². The molecule has 7 aliphatic carbocycles. The zero-order chi connectivity index (χ0) is 61.4. The molecule has 2 aromatic heterocycles. The van der Waals surface area contributed by atoms with Crippen LogP contribution in [-0.4, -0.2) is 53.5 Å². The van der Waals surface area contributed by atoms with Crippen molar-refractivity contribution in [3.8, 4) is 11.1 Å². The minimum absolute atomic E-state index is 0. The molecule has 10 fully saturated rings. The average Bonchev–Trinajstić information content (AvgIpc) is 1.51. The number of hydrogen-bond donors (Lipinski definition) is 2. The number of ether oxygens (including phenoxy) is 4. The summed E-state index contributed by atoms with van der Waals surface area (Å²) in [6.45, 7) is 2.06. The second-order valence-electron chi connectivity index (χ2n) is 25.5. The number of esters is 8. The van der Waals surface area contributed by atoms with Gasteiger partial charge < -0.3 is 39.2 Å². The molecule has 447 valence electrons. The number of furan rings is 2. The fourth-order valence-corrected chi connectivity index (χ4v) is 18.2. The van der Waals surface area contributed by atoms with Crippen LogP contribution in [0.2, 0.25) is 0 Å². The zero-order valence-electron chi connectivity index (χ0n) is 47.3. The van der Waals surface area contributed by atoms with Gasteiger partial charge in [-0.1, -0.05) is 66.4 Å². The molecule has 4 saturated heterocycles. The summed E-state index contributed by atoms with van der Waals surface area (Å²) in [5, 5.41) is -0.0726. The number of carbonyl (C=O) groups excluding carboxylic acids is 9. The number of ketones is 1. The molecule has 1 radical (unpaired) electrons. The average molecular weight is 1280 g/mol. The van der Waals surface area contributed by atoms with Crippen LogP contribution in [-0.2, 0) is 100 Å². The van der Waals surface area contributed by atoms with E-state index in [1.165, 1.54) is 27.8 Å². The van der Waals surface area contributed by atoms with E-state index in [2.05, 4.69) is 98.0 Å². The van der Waals surface area contributed by atoms with Crippen LogP contribution in [0.5, 0.6) is 0 Å². The molecule has 89 heavy (non-hydrogen) atoms. The third-order valence-electron chi connectivity index (χ3n) is 21.8. The Morgan fingerprint density at radius 2 is 0.843 bits per heavy atom. The van der Waals surface area contributed by atoms with Crippen LogP contribution in [0.1, 0.15) is 79.2 Å². The van der Waals surface area contributed by atoms with E-state index in [1.54, 1.807) is 0 Å². The fourth-order valence-electron chi connectivity index (χ4n) is 18.2. The number of fused-ring (bicyclic) bond motifs is 19. The van der Waals surface area contributed by atoms with Crippen LogP contribution in [0.3, 0.4) is 0 Å². The molecule has 4 aliphatic heterocycles. The fraction of sp³-hybridized carbons (Fsp3) is 0.358. The predicted molar refractivity (Wildman–Crippen MR) is 303 cm³/mol. The molecule has 14 atom stereocenters. The Morgan fingerprint density at radius 3 is 1.25 bits per heavy atom. The molecule has 21 nitrogen and oxygen atoms in total. The number of anilines is 2. The van der Waals surface area contributed by atoms with Crippen LogP contribution in [0.25, 0.3) is 32.7 Å². The molecule has 2 spiro atoms. The van der Waals surface area contributed by atoms with Gasteiger partial charge in [-0.3, -0.25) is 43.2 Å². The Balaban J connectivity index is 0.000000107. The summed E-state index contributed by atoms with van der Waals surface area (Å²) in [6, 6.07) is 35.3. The third-order valence-corrected chi connectivity index (χ3v) is 21.8. The molecule has 14 unspecified atom stereocenters. The van der Waals surface area contributed by atoms with Crippen molar-refractivity contribution >= 4 is 86.5 Å². The summed E-state index contributed by atoms with van der Waals surface area (Å²) < 4.78 is 27.5. The molecular weight excluding hydrogens is 1230 g/mol. The molecule has 5 aromatic carbocycles. The number of nitrogens with two attached hydrogens (primary N) is 2. The minimum atomic E-state index is -0.824. The van der Waals surface area contributed by atoms with Crippen molar-refractivity contribution in [1.82, 2.24) is 0 Å². The number of nitrogen functional groups attached to an aromatic ring is 2. The van der Waals surface area contributed by atoms with Gasteiger partial charge in [0.25, 0.3) is 0 Å². The second kappa shape index (κ2) is 20.4. The standard InChI is InChI=1S/C26H21N2.C21H20O7.C10H8O6.C10H2O6.Y/c1-17-16-19(12-15-25(17)28)26(18-10-13-20(27)14-11-18)23-8-4-2-6-21(23)22-7-3-5-9-24(22)26;22-15-11-7-3-9(13(11)17(24)27-15)20(5-7)1-2-21(19(20)26)6-8-4-10(21)14-12(8)16(23)28-18(14)25;2*11-7-3-1-4-6(10(14)16-8(4)12)2-5(3)9(13)15-7;/h2-13,15-16H,27-28H2,1H3;7-14H,1-6H2;3-6H,1-2H2;1-2H;/q-1;;;;. The number of carbonyl (C=O) groups is 9. The molecular formula is C67H51N2O19Y-. The van der Waals surface area contributed by atoms with Gasteiger partial charge in [0, 0.05) is 54.6 Å². The number of Topliss-reactive ketones (excluding diaryl/α,β-unsaturated/α-hetero) is 1. The Hall–Kier alpha value is -8.69. The first-order chi connectivity index (χ1) is 42.1. The van der Waals surface area contributed by atoms with Crippen LogP contribution in [0.4, 0.5) is 11.4 Å². The largest absolute Gasteiger partial charge is 0.420 e. The number of cyclic esters (lactones) is 8. The van der Waals surface area contributed by atoms with Gasteiger partial charge in [0.2, 0.25) is 0 Å². The topological polar surface area (TPSA) is 337 Å². The molecule has 4 bridgehead atoms. The summed E-state index contributed by atoms with van der Waals surface area (Å²) in [7, 11) is 0. The summed E-state index contributed by atoms with van der Waals surface area (Å²) >= 11 is 0. The maximum absolute atomic E-state index is 14.0. The second-order valence-corrected chi connectivity index (χ2v) is 25.5. The van der Waals surface area contributed by atoms with Crippen molar-refractivity contribution in [1.29, 1.82) is 0 Å². The first-order valence-corrected chi connectivity index (χ1v) is 29.3. The molecule has 4 N–H and O–H groups in total. The minimum Gasteiger partial charge on any atom is -0.420 e. The van der Waals surface area contributed by atoms with Gasteiger partial charge in [-0.2, -0.15) is 18.2 Å². The van der Waals surface area contributed by atoms with Crippen molar-refractivity contribution < 1.29 is 104 Å². The molecule has 7 aromatic rings. The van der Waals surface area contributed by atoms with E-state index in [1.807, 2.05) is 18.2 Å². The van der Waals surface area contributed by atoms with Gasteiger partial charge in [-0.15, -0.1) is 11.6 Å². The van der Waals surface area contributed by atoms with Gasteiger partial charge >= 0.3 is 70.3 Å². The van der Waals surface area contributed by atoms with E-state index < -0.39 is 122 Å². The van der Waals surface area contributed by atoms with E-state index in [4.69, 9.17) is 20.9 Å². The van der Waals surface area contributed by atoms with Gasteiger partial charge in [-0.25, -0.2) is 19.2 Å². The summed E-state index contributed by atoms with van der Waals surface area (Å²) in [6.07, 6.45) is 4.64. The molecule has 11 aliphatic rings. The summed E-state index contributed by atoms with van der Waals surface area (Å²) in [5.41, 5.74) is 17.3. The van der Waals surface area contributed by atoms with Gasteiger partial charge in [0.1, 0.15) is 5.78 Å². The normalized spacial score (nSPS) is 32.0. The van der Waals surface area contributed by atoms with Gasteiger partial charge in [0.15, 0.2) is 0 Å². The van der Waals surface area contributed by atoms with Crippen molar-refractivity contribution in [2.75, 3.05) is 11.5 Å². The smallest absolute Gasteiger partial charge is 0.346 e. The monoisotopic (exact) mass is 1280 g/mol. The van der Waals surface area contributed by atoms with Gasteiger partial charge in [-0.05, 0) is 134 Å². The maximum Gasteiger partial charge on any atom is 0.346 e. The molecule has 22 heteroatoms. The van der Waals surface area contributed by atoms with Crippen LogP contribution in [0.15, 0.2) is 125 Å². The molecule has 6 heterocycles. The van der Waals surface area contributed by atoms with Crippen LogP contribution >= 0.6 is 0 Å². The quantitative estimate of drug-likeness (QED) is 0.0732. The Kier molecular flexibility index (Phi) is 13.3. The van der Waals surface area contributed by atoms with Crippen LogP contribution in [0, 0.1) is 94.8 Å². The third kappa shape index (κ3) is 8.14. The van der Waals surface area contributed by atoms with Crippen molar-refractivity contribution in [3.63, 3.8) is 0 Å². The van der Waals surface area contributed by atoms with Crippen molar-refractivity contribution in [2.24, 2.45) is 81.8 Å². The van der Waals surface area contributed by atoms with E-state index >= 15 is 0 Å². The molecule has 6 saturated carbocycles. The first kappa shape index (κ1) is 58.0. The van der Waals surface area contributed by atoms with Crippen molar-refractivity contribution in [3.05, 3.63) is 173 Å². The Morgan fingerprint density at radius 1 is 0.449 bits per heavy atom. The van der Waals surface area contributed by atoms with Crippen molar-refractivity contribution in [2.45, 2.75) is 63.7 Å². The molecule has 18 rings (SSSR count). The Labute approximate surface area is 527 Å². The van der Waals surface area contributed by atoms with Crippen LogP contribution < -0.4 is 34.0 Å². The summed E-state index contributed by atoms with van der Waals surface area (Å²) in [5.74, 6) is -7.92. The number of hydrogen-bond acceptors (Lipinski definition) is 21. The maximum atomic E-state index is 14.0. The predicted octanol–water partition coefficient (Wildman–Crippen LogP) is 5.26. The Bertz CT molecular complexity index is 4250. The van der Waals surface area contributed by atoms with E-state index in [0.29, 0.717) is 18.5 Å². The molecule has 0 amide bonds. The zero-order valence-corrected chi connectivity index (χ0v) is 50.1. The van der Waals surface area contributed by atoms with E-state index in [9.17, 15) is 62.3 Å². The van der Waals surface area contributed by atoms with Gasteiger partial charge in [0.05, 0.1) is 68.9 Å². The SMILES string of the molecule is Cc1cc(C2(c3c[c-]c(N)cc3)c3ccccc3-c3ccccc32)ccc1N.O=C1OC(=O)C2C1C1CC2C2(CCC3(CC4CC3C3C(=O)OC(=O)C43)C2=O)C1.O=C1OC(=O)C2CC3C(=O)OC(=O)C3CC12.O=c1oc(=O)c2cc3c(=O)oc(=O)c3cc12.[Y]. The first-order valence-electron chi connectivity index (χ1n) is 29.3. The van der Waals surface area contributed by atoms with E-state index in [-0.39, 0.29) is 108 Å². The number of benzene rings is 5.